The molecule has 20 heavy (non-hydrogen) atoms. The second-order valence-electron chi connectivity index (χ2n) is 5.45. The van der Waals surface area contributed by atoms with Crippen LogP contribution in [0.1, 0.15) is 13.3 Å². The number of nitrogens with one attached hydrogen (secondary N) is 1. The van der Waals surface area contributed by atoms with E-state index in [1.54, 1.807) is 6.07 Å². The van der Waals surface area contributed by atoms with Crippen LogP contribution >= 0.6 is 0 Å². The Morgan fingerprint density at radius 3 is 2.95 bits per heavy atom. The van der Waals surface area contributed by atoms with Crippen molar-refractivity contribution in [1.82, 2.24) is 9.80 Å². The van der Waals surface area contributed by atoms with Crippen molar-refractivity contribution in [3.63, 3.8) is 0 Å². The molecule has 1 amide bonds. The van der Waals surface area contributed by atoms with Crippen LogP contribution in [-0.4, -0.2) is 55.0 Å². The summed E-state index contributed by atoms with van der Waals surface area (Å²) in [7, 11) is 2.15. The van der Waals surface area contributed by atoms with E-state index in [9.17, 15) is 4.79 Å². The van der Waals surface area contributed by atoms with Gasteiger partial charge in [0.05, 0.1) is 6.54 Å². The maximum Gasteiger partial charge on any atom is 0.238 e. The highest BCUT2D eigenvalue weighted by atomic mass is 16.2. The molecular weight excluding hydrogens is 252 g/mol. The molecule has 5 nitrogen and oxygen atoms in total. The summed E-state index contributed by atoms with van der Waals surface area (Å²) in [6, 6.07) is 7.82. The molecule has 2 rings (SSSR count). The minimum Gasteiger partial charge on any atom is -0.399 e. The maximum absolute atomic E-state index is 12.1. The Balaban J connectivity index is 1.85. The van der Waals surface area contributed by atoms with Gasteiger partial charge in [-0.3, -0.25) is 9.69 Å². The third-order valence-electron chi connectivity index (χ3n) is 3.87. The molecule has 1 atom stereocenters. The number of likely N-dealkylation sites (N-methyl/N-ethyl adjacent to an activating group) is 1. The quantitative estimate of drug-likeness (QED) is 0.812. The van der Waals surface area contributed by atoms with Crippen molar-refractivity contribution in [2.75, 3.05) is 44.3 Å². The van der Waals surface area contributed by atoms with Gasteiger partial charge in [0.1, 0.15) is 0 Å². The molecule has 1 saturated heterocycles. The predicted octanol–water partition coefficient (Wildman–Crippen LogP) is 1.23. The Labute approximate surface area is 120 Å². The van der Waals surface area contributed by atoms with Crippen LogP contribution in [0.25, 0.3) is 0 Å². The molecule has 1 heterocycles. The molecule has 0 aromatic heterocycles. The molecule has 0 bridgehead atoms. The number of carbonyl (C=O) groups is 1. The van der Waals surface area contributed by atoms with E-state index >= 15 is 0 Å². The van der Waals surface area contributed by atoms with Crippen molar-refractivity contribution in [2.24, 2.45) is 0 Å². The minimum absolute atomic E-state index is 0.0232. The summed E-state index contributed by atoms with van der Waals surface area (Å²) >= 11 is 0. The summed E-state index contributed by atoms with van der Waals surface area (Å²) in [5, 5.41) is 2.90. The third-order valence-corrected chi connectivity index (χ3v) is 3.87. The fraction of sp³-hybridized carbons (Fsp3) is 0.533. The Morgan fingerprint density at radius 1 is 1.45 bits per heavy atom. The van der Waals surface area contributed by atoms with Gasteiger partial charge < -0.3 is 16.0 Å². The Bertz CT molecular complexity index is 463. The number of hydrogen-bond donors (Lipinski definition) is 2. The van der Waals surface area contributed by atoms with Crippen LogP contribution in [0.5, 0.6) is 0 Å². The van der Waals surface area contributed by atoms with Crippen LogP contribution in [0.15, 0.2) is 24.3 Å². The van der Waals surface area contributed by atoms with Gasteiger partial charge in [-0.05, 0) is 31.7 Å². The normalized spacial score (nSPS) is 20.8. The van der Waals surface area contributed by atoms with Gasteiger partial charge in [-0.2, -0.15) is 0 Å². The van der Waals surface area contributed by atoms with Crippen molar-refractivity contribution in [3.05, 3.63) is 24.3 Å². The lowest BCUT2D eigenvalue weighted by Gasteiger charge is -2.38. The van der Waals surface area contributed by atoms with Crippen molar-refractivity contribution in [1.29, 1.82) is 0 Å². The maximum atomic E-state index is 12.1. The summed E-state index contributed by atoms with van der Waals surface area (Å²) in [5.41, 5.74) is 7.12. The van der Waals surface area contributed by atoms with Crippen LogP contribution in [0.3, 0.4) is 0 Å². The standard InChI is InChI=1S/C15H24N4O/c1-3-14-10-19(8-7-18(14)2)11-15(20)17-13-6-4-5-12(16)9-13/h4-6,9,14H,3,7-8,10-11,16H2,1-2H3,(H,17,20). The van der Waals surface area contributed by atoms with Gasteiger partial charge >= 0.3 is 0 Å². The molecule has 0 spiro atoms. The molecule has 1 aromatic carbocycles. The SMILES string of the molecule is CCC1CN(CC(=O)Nc2cccc(N)c2)CCN1C. The smallest absolute Gasteiger partial charge is 0.238 e. The van der Waals surface area contributed by atoms with Crippen LogP contribution in [0.4, 0.5) is 11.4 Å². The lowest BCUT2D eigenvalue weighted by atomic mass is 10.1. The van der Waals surface area contributed by atoms with E-state index in [0.717, 1.165) is 31.7 Å². The first-order chi connectivity index (χ1) is 9.58. The number of nitrogen functional groups attached to an aromatic ring is 1. The molecule has 5 heteroatoms. The molecule has 1 unspecified atom stereocenters. The number of nitrogens with two attached hydrogens (primary N) is 1. The van der Waals surface area contributed by atoms with Crippen molar-refractivity contribution >= 4 is 17.3 Å². The number of hydrogen-bond acceptors (Lipinski definition) is 4. The van der Waals surface area contributed by atoms with Gasteiger partial charge in [-0.1, -0.05) is 13.0 Å². The highest BCUT2D eigenvalue weighted by Crippen LogP contribution is 2.13. The zero-order chi connectivity index (χ0) is 14.5. The summed E-state index contributed by atoms with van der Waals surface area (Å²) in [4.78, 5) is 16.6. The van der Waals surface area contributed by atoms with E-state index in [4.69, 9.17) is 5.73 Å². The number of carbonyl (C=O) groups excluding carboxylic acids is 1. The van der Waals surface area contributed by atoms with Gasteiger partial charge in [0, 0.05) is 37.1 Å². The summed E-state index contributed by atoms with van der Waals surface area (Å²) < 4.78 is 0. The first-order valence-corrected chi connectivity index (χ1v) is 7.16. The number of benzene rings is 1. The Morgan fingerprint density at radius 2 is 2.25 bits per heavy atom. The zero-order valence-electron chi connectivity index (χ0n) is 12.3. The topological polar surface area (TPSA) is 61.6 Å². The molecular formula is C15H24N4O. The van der Waals surface area contributed by atoms with E-state index in [1.165, 1.54) is 0 Å². The molecule has 0 aliphatic carbocycles. The highest BCUT2D eigenvalue weighted by molar-refractivity contribution is 5.92. The number of piperazine rings is 1. The van der Waals surface area contributed by atoms with Gasteiger partial charge in [0.25, 0.3) is 0 Å². The Kier molecular flexibility index (Phi) is 4.98. The van der Waals surface area contributed by atoms with E-state index in [2.05, 4.69) is 29.1 Å². The number of nitrogens with zero attached hydrogens (tertiary/aromatic N) is 2. The first-order valence-electron chi connectivity index (χ1n) is 7.16. The van der Waals surface area contributed by atoms with Crippen molar-refractivity contribution in [2.45, 2.75) is 19.4 Å². The van der Waals surface area contributed by atoms with E-state index in [1.807, 2.05) is 18.2 Å². The first kappa shape index (κ1) is 14.8. The lowest BCUT2D eigenvalue weighted by molar-refractivity contribution is -0.118. The molecule has 3 N–H and O–H groups in total. The van der Waals surface area contributed by atoms with Gasteiger partial charge in [-0.15, -0.1) is 0 Å². The molecule has 1 fully saturated rings. The molecule has 0 radical (unpaired) electrons. The fourth-order valence-corrected chi connectivity index (χ4v) is 2.61. The van der Waals surface area contributed by atoms with Crippen LogP contribution in [0, 0.1) is 0 Å². The number of amides is 1. The number of anilines is 2. The summed E-state index contributed by atoms with van der Waals surface area (Å²) in [5.74, 6) is 0.0232. The van der Waals surface area contributed by atoms with Crippen LogP contribution in [-0.2, 0) is 4.79 Å². The Hall–Kier alpha value is -1.59. The fourth-order valence-electron chi connectivity index (χ4n) is 2.61. The monoisotopic (exact) mass is 276 g/mol. The largest absolute Gasteiger partial charge is 0.399 e. The molecule has 1 aliphatic rings. The average molecular weight is 276 g/mol. The van der Waals surface area contributed by atoms with E-state index in [0.29, 0.717) is 18.3 Å². The summed E-state index contributed by atoms with van der Waals surface area (Å²) in [6.07, 6.45) is 1.11. The van der Waals surface area contributed by atoms with Gasteiger partial charge in [0.2, 0.25) is 5.91 Å². The van der Waals surface area contributed by atoms with E-state index in [-0.39, 0.29) is 5.91 Å². The van der Waals surface area contributed by atoms with Crippen LogP contribution in [0.2, 0.25) is 0 Å². The molecule has 1 aliphatic heterocycles. The van der Waals surface area contributed by atoms with E-state index < -0.39 is 0 Å². The van der Waals surface area contributed by atoms with Crippen molar-refractivity contribution in [3.8, 4) is 0 Å². The van der Waals surface area contributed by atoms with Crippen LogP contribution < -0.4 is 11.1 Å². The second-order valence-corrected chi connectivity index (χ2v) is 5.45. The van der Waals surface area contributed by atoms with Crippen molar-refractivity contribution < 1.29 is 4.79 Å². The highest BCUT2D eigenvalue weighted by Gasteiger charge is 2.23. The minimum atomic E-state index is 0.0232. The molecule has 110 valence electrons. The molecule has 0 saturated carbocycles. The molecule has 1 aromatic rings. The number of rotatable bonds is 4. The van der Waals surface area contributed by atoms with Gasteiger partial charge in [0.15, 0.2) is 0 Å². The second kappa shape index (κ2) is 6.72. The lowest BCUT2D eigenvalue weighted by Crippen LogP contribution is -2.52. The summed E-state index contributed by atoms with van der Waals surface area (Å²) in [6.45, 7) is 5.55. The zero-order valence-corrected chi connectivity index (χ0v) is 12.3. The predicted molar refractivity (Wildman–Crippen MR) is 82.6 cm³/mol. The third kappa shape index (κ3) is 3.95. The van der Waals surface area contributed by atoms with Gasteiger partial charge in [-0.25, -0.2) is 0 Å². The average Bonchev–Trinajstić information content (AvgIpc) is 2.41.